The second kappa shape index (κ2) is 8.76. The van der Waals surface area contributed by atoms with Gasteiger partial charge in [0, 0.05) is 23.5 Å². The molecule has 5 rings (SSSR count). The number of carbonyl (C=O) groups excluding carboxylic acids is 1. The van der Waals surface area contributed by atoms with Crippen molar-refractivity contribution in [2.75, 3.05) is 31.0 Å². The number of anilines is 2. The molecule has 2 N–H and O–H groups in total. The van der Waals surface area contributed by atoms with Crippen LogP contribution in [-0.2, 0) is 16.1 Å². The number of benzene rings is 2. The molecule has 1 atom stereocenters. The summed E-state index contributed by atoms with van der Waals surface area (Å²) in [5.41, 5.74) is 2.57. The number of hydrogen-bond donors (Lipinski definition) is 2. The number of ether oxygens (including phenoxy) is 3. The van der Waals surface area contributed by atoms with Crippen LogP contribution >= 0.6 is 11.6 Å². The fourth-order valence-corrected chi connectivity index (χ4v) is 4.17. The Morgan fingerprint density at radius 2 is 2.06 bits per heavy atom. The summed E-state index contributed by atoms with van der Waals surface area (Å²) in [6, 6.07) is 12.1. The van der Waals surface area contributed by atoms with Crippen molar-refractivity contribution in [1.82, 2.24) is 14.8 Å². The van der Waals surface area contributed by atoms with Gasteiger partial charge in [0.1, 0.15) is 25.9 Å². The summed E-state index contributed by atoms with van der Waals surface area (Å²) < 4.78 is 18.3. The van der Waals surface area contributed by atoms with Crippen molar-refractivity contribution in [3.8, 4) is 11.5 Å². The number of amides is 1. The number of halogens is 1. The fraction of sp³-hybridized carbons (Fsp3) is 0.261. The number of nitrogens with one attached hydrogen (secondary N) is 2. The minimum Gasteiger partial charge on any atom is -0.486 e. The van der Waals surface area contributed by atoms with Crippen molar-refractivity contribution < 1.29 is 19.0 Å². The molecule has 170 valence electrons. The Morgan fingerprint density at radius 3 is 2.85 bits per heavy atom. The minimum atomic E-state index is -0.547. The zero-order valence-corrected chi connectivity index (χ0v) is 18.8. The van der Waals surface area contributed by atoms with Crippen LogP contribution in [0.5, 0.6) is 11.5 Å². The Hall–Kier alpha value is -3.56. The minimum absolute atomic E-state index is 0.249. The van der Waals surface area contributed by atoms with E-state index in [0.29, 0.717) is 58.5 Å². The molecule has 2 aromatic carbocycles. The third kappa shape index (κ3) is 4.12. The smallest absolute Gasteiger partial charge is 0.255 e. The van der Waals surface area contributed by atoms with Crippen molar-refractivity contribution in [3.63, 3.8) is 0 Å². The van der Waals surface area contributed by atoms with Gasteiger partial charge in [-0.3, -0.25) is 4.79 Å². The second-order valence-corrected chi connectivity index (χ2v) is 8.10. The molecule has 0 saturated carbocycles. The van der Waals surface area contributed by atoms with Crippen LogP contribution in [0, 0.1) is 0 Å². The number of aromatic nitrogens is 3. The van der Waals surface area contributed by atoms with Gasteiger partial charge in [0.25, 0.3) is 5.91 Å². The number of allylic oxidation sites excluding steroid dienone is 1. The molecule has 0 saturated heterocycles. The predicted molar refractivity (Wildman–Crippen MR) is 123 cm³/mol. The molecular formula is C23H22ClN5O4. The van der Waals surface area contributed by atoms with Crippen molar-refractivity contribution >= 4 is 29.1 Å². The van der Waals surface area contributed by atoms with Gasteiger partial charge in [0.2, 0.25) is 5.95 Å². The Bertz CT molecular complexity index is 1260. The predicted octanol–water partition coefficient (Wildman–Crippen LogP) is 3.78. The van der Waals surface area contributed by atoms with Gasteiger partial charge in [-0.25, -0.2) is 4.68 Å². The summed E-state index contributed by atoms with van der Waals surface area (Å²) in [5, 5.41) is 11.3. The molecule has 2 aliphatic heterocycles. The van der Waals surface area contributed by atoms with E-state index in [-0.39, 0.29) is 12.5 Å². The van der Waals surface area contributed by atoms with Gasteiger partial charge >= 0.3 is 0 Å². The Kier molecular flexibility index (Phi) is 5.65. The highest BCUT2D eigenvalue weighted by atomic mass is 35.5. The van der Waals surface area contributed by atoms with Crippen molar-refractivity contribution in [2.45, 2.75) is 19.6 Å². The Balaban J connectivity index is 1.58. The van der Waals surface area contributed by atoms with E-state index in [9.17, 15) is 4.79 Å². The van der Waals surface area contributed by atoms with Gasteiger partial charge < -0.3 is 24.8 Å². The number of nitrogens with zero attached hydrogens (tertiary/aromatic N) is 3. The first-order valence-electron chi connectivity index (χ1n) is 10.4. The third-order valence-electron chi connectivity index (χ3n) is 5.38. The molecule has 1 amide bonds. The van der Waals surface area contributed by atoms with E-state index in [1.54, 1.807) is 36.1 Å². The Labute approximate surface area is 195 Å². The lowest BCUT2D eigenvalue weighted by atomic mass is 9.94. The molecule has 0 bridgehead atoms. The van der Waals surface area contributed by atoms with E-state index >= 15 is 0 Å². The highest BCUT2D eigenvalue weighted by Gasteiger charge is 2.35. The molecule has 0 fully saturated rings. The molecule has 3 aromatic rings. The van der Waals surface area contributed by atoms with Gasteiger partial charge in [-0.2, -0.15) is 10.1 Å². The topological polar surface area (TPSA) is 99.5 Å². The molecule has 0 aliphatic carbocycles. The van der Waals surface area contributed by atoms with E-state index in [1.165, 1.54) is 0 Å². The monoisotopic (exact) mass is 467 g/mol. The maximum absolute atomic E-state index is 13.5. The van der Waals surface area contributed by atoms with E-state index in [0.717, 1.165) is 5.56 Å². The molecule has 3 heterocycles. The number of methoxy groups -OCH3 is 1. The lowest BCUT2D eigenvalue weighted by Gasteiger charge is -2.29. The van der Waals surface area contributed by atoms with Crippen LogP contribution in [0.2, 0.25) is 5.02 Å². The number of fused-ring (bicyclic) bond motifs is 2. The van der Waals surface area contributed by atoms with Crippen LogP contribution in [-0.4, -0.2) is 41.0 Å². The Morgan fingerprint density at radius 1 is 1.24 bits per heavy atom. The lowest BCUT2D eigenvalue weighted by Crippen LogP contribution is -2.31. The van der Waals surface area contributed by atoms with Crippen molar-refractivity contribution in [2.24, 2.45) is 0 Å². The summed E-state index contributed by atoms with van der Waals surface area (Å²) in [6.07, 6.45) is 0. The highest BCUT2D eigenvalue weighted by molar-refractivity contribution is 6.31. The average Bonchev–Trinajstić information content (AvgIpc) is 3.20. The van der Waals surface area contributed by atoms with Crippen molar-refractivity contribution in [3.05, 3.63) is 70.1 Å². The summed E-state index contributed by atoms with van der Waals surface area (Å²) in [4.78, 5) is 18.0. The maximum atomic E-state index is 13.5. The first-order chi connectivity index (χ1) is 16.0. The molecule has 1 aromatic heterocycles. The first kappa shape index (κ1) is 21.3. The number of carbonyl (C=O) groups is 1. The van der Waals surface area contributed by atoms with Crippen molar-refractivity contribution in [1.29, 1.82) is 0 Å². The standard InChI is InChI=1S/C23H22ClN5O4/c1-13-20(22(30)26-16-5-3-4-15(24)11-16)21(29-23(25-13)27-19(28-29)12-31-2)14-6-7-17-18(10-14)33-9-8-32-17/h3-7,10-11,21H,8-9,12H2,1-2H3,(H,26,30)(H,25,27,28). The van der Waals surface area contributed by atoms with Crippen LogP contribution in [0.4, 0.5) is 11.6 Å². The lowest BCUT2D eigenvalue weighted by molar-refractivity contribution is -0.113. The molecule has 2 aliphatic rings. The molecule has 0 spiro atoms. The van der Waals surface area contributed by atoms with Gasteiger partial charge in [-0.05, 0) is 42.8 Å². The summed E-state index contributed by atoms with van der Waals surface area (Å²) in [7, 11) is 1.58. The average molecular weight is 468 g/mol. The van der Waals surface area contributed by atoms with Crippen LogP contribution in [0.3, 0.4) is 0 Å². The zero-order valence-electron chi connectivity index (χ0n) is 18.1. The summed E-state index contributed by atoms with van der Waals surface area (Å²) in [6.45, 7) is 3.05. The molecule has 9 nitrogen and oxygen atoms in total. The van der Waals surface area contributed by atoms with Crippen LogP contribution in [0.15, 0.2) is 53.7 Å². The molecular weight excluding hydrogens is 446 g/mol. The third-order valence-corrected chi connectivity index (χ3v) is 5.61. The quantitative estimate of drug-likeness (QED) is 0.589. The van der Waals surface area contributed by atoms with E-state index < -0.39 is 6.04 Å². The van der Waals surface area contributed by atoms with E-state index in [1.807, 2.05) is 25.1 Å². The van der Waals surface area contributed by atoms with Crippen LogP contribution in [0.25, 0.3) is 0 Å². The van der Waals surface area contributed by atoms with Crippen LogP contribution in [0.1, 0.15) is 24.4 Å². The molecule has 0 radical (unpaired) electrons. The number of rotatable bonds is 5. The number of hydrogen-bond acceptors (Lipinski definition) is 7. The second-order valence-electron chi connectivity index (χ2n) is 7.66. The fourth-order valence-electron chi connectivity index (χ4n) is 3.98. The van der Waals surface area contributed by atoms with Gasteiger partial charge in [0.15, 0.2) is 17.3 Å². The summed E-state index contributed by atoms with van der Waals surface area (Å²) in [5.74, 6) is 2.05. The molecule has 1 unspecified atom stereocenters. The normalized spacial score (nSPS) is 16.8. The van der Waals surface area contributed by atoms with Gasteiger partial charge in [-0.15, -0.1) is 0 Å². The summed E-state index contributed by atoms with van der Waals surface area (Å²) >= 11 is 6.10. The maximum Gasteiger partial charge on any atom is 0.255 e. The SMILES string of the molecule is COCc1nc2n(n1)C(c1ccc3c(c1)OCCO3)C(C(=O)Nc1cccc(Cl)c1)=C(C)N2. The van der Waals surface area contributed by atoms with E-state index in [4.69, 9.17) is 25.8 Å². The molecule has 10 heteroatoms. The van der Waals surface area contributed by atoms with Gasteiger partial charge in [-0.1, -0.05) is 23.7 Å². The highest BCUT2D eigenvalue weighted by Crippen LogP contribution is 2.40. The van der Waals surface area contributed by atoms with Gasteiger partial charge in [0.05, 0.1) is 5.57 Å². The first-order valence-corrected chi connectivity index (χ1v) is 10.8. The van der Waals surface area contributed by atoms with Crippen LogP contribution < -0.4 is 20.1 Å². The molecule has 33 heavy (non-hydrogen) atoms. The zero-order chi connectivity index (χ0) is 22.9. The van der Waals surface area contributed by atoms with E-state index in [2.05, 4.69) is 20.7 Å². The largest absolute Gasteiger partial charge is 0.486 e.